The second-order valence-corrected chi connectivity index (χ2v) is 5.62. The molecule has 2 N–H and O–H groups in total. The van der Waals surface area contributed by atoms with Gasteiger partial charge < -0.3 is 10.3 Å². The Labute approximate surface area is 107 Å². The molecule has 2 aromatic rings. The Morgan fingerprint density at radius 2 is 2.06 bits per heavy atom. The van der Waals surface area contributed by atoms with E-state index in [9.17, 15) is 4.39 Å². The second kappa shape index (κ2) is 4.35. The molecule has 0 spiro atoms. The summed E-state index contributed by atoms with van der Waals surface area (Å²) in [6.45, 7) is 8.77. The summed E-state index contributed by atoms with van der Waals surface area (Å²) in [6.07, 6.45) is 0. The van der Waals surface area contributed by atoms with Crippen LogP contribution in [-0.4, -0.2) is 16.1 Å². The maximum Gasteiger partial charge on any atom is 0.125 e. The number of fused-ring (bicyclic) bond motifs is 1. The summed E-state index contributed by atoms with van der Waals surface area (Å²) in [5.74, 6) is 0.682. The number of rotatable bonds is 3. The number of nitrogens with zero attached hydrogens (tertiary/aromatic N) is 2. The monoisotopic (exact) mass is 249 g/mol. The van der Waals surface area contributed by atoms with E-state index in [1.165, 1.54) is 6.07 Å². The fourth-order valence-electron chi connectivity index (χ4n) is 2.16. The lowest BCUT2D eigenvalue weighted by Crippen LogP contribution is -2.32. The normalized spacial score (nSPS) is 12.6. The molecule has 1 heterocycles. The highest BCUT2D eigenvalue weighted by Crippen LogP contribution is 2.29. The summed E-state index contributed by atoms with van der Waals surface area (Å²) in [5, 5.41) is 0. The van der Waals surface area contributed by atoms with Crippen molar-refractivity contribution >= 4 is 11.0 Å². The van der Waals surface area contributed by atoms with Crippen LogP contribution in [0.4, 0.5) is 4.39 Å². The zero-order valence-electron chi connectivity index (χ0n) is 11.4. The SMILES string of the molecule is CC(C)n1c(C(C)(C)CN)nc2ccc(F)cc21. The van der Waals surface area contributed by atoms with E-state index in [-0.39, 0.29) is 17.3 Å². The number of benzene rings is 1. The third-order valence-electron chi connectivity index (χ3n) is 3.28. The smallest absolute Gasteiger partial charge is 0.125 e. The van der Waals surface area contributed by atoms with Crippen LogP contribution in [0.3, 0.4) is 0 Å². The molecule has 0 saturated heterocycles. The highest BCUT2D eigenvalue weighted by molar-refractivity contribution is 5.76. The molecule has 18 heavy (non-hydrogen) atoms. The average molecular weight is 249 g/mol. The summed E-state index contributed by atoms with van der Waals surface area (Å²) < 4.78 is 15.5. The lowest BCUT2D eigenvalue weighted by atomic mass is 9.92. The number of hydrogen-bond donors (Lipinski definition) is 1. The van der Waals surface area contributed by atoms with E-state index >= 15 is 0 Å². The predicted octanol–water partition coefficient (Wildman–Crippen LogP) is 2.99. The molecule has 0 amide bonds. The molecular formula is C14H20FN3. The molecule has 0 fully saturated rings. The van der Waals surface area contributed by atoms with E-state index < -0.39 is 0 Å². The number of aromatic nitrogens is 2. The van der Waals surface area contributed by atoms with Crippen molar-refractivity contribution in [3.8, 4) is 0 Å². The van der Waals surface area contributed by atoms with Gasteiger partial charge in [0.1, 0.15) is 11.6 Å². The van der Waals surface area contributed by atoms with Crippen LogP contribution in [0.2, 0.25) is 0 Å². The fraction of sp³-hybridized carbons (Fsp3) is 0.500. The number of hydrogen-bond acceptors (Lipinski definition) is 2. The summed E-state index contributed by atoms with van der Waals surface area (Å²) in [6, 6.07) is 4.93. The molecule has 4 heteroatoms. The Kier molecular flexibility index (Phi) is 3.15. The van der Waals surface area contributed by atoms with Crippen molar-refractivity contribution in [2.75, 3.05) is 6.54 Å². The van der Waals surface area contributed by atoms with Crippen molar-refractivity contribution in [2.24, 2.45) is 5.73 Å². The summed E-state index contributed by atoms with van der Waals surface area (Å²) in [5.41, 5.74) is 7.26. The standard InChI is InChI=1S/C14H20FN3/c1-9(2)18-12-7-10(15)5-6-11(12)17-13(18)14(3,4)8-16/h5-7,9H,8,16H2,1-4H3. The van der Waals surface area contributed by atoms with E-state index in [0.717, 1.165) is 16.9 Å². The van der Waals surface area contributed by atoms with Gasteiger partial charge in [0.2, 0.25) is 0 Å². The van der Waals surface area contributed by atoms with E-state index in [1.54, 1.807) is 12.1 Å². The molecule has 0 aliphatic rings. The molecule has 0 unspecified atom stereocenters. The van der Waals surface area contributed by atoms with Gasteiger partial charge >= 0.3 is 0 Å². The summed E-state index contributed by atoms with van der Waals surface area (Å²) in [4.78, 5) is 4.63. The molecule has 3 nitrogen and oxygen atoms in total. The molecule has 98 valence electrons. The first-order valence-corrected chi connectivity index (χ1v) is 6.25. The lowest BCUT2D eigenvalue weighted by Gasteiger charge is -2.25. The van der Waals surface area contributed by atoms with E-state index in [1.807, 2.05) is 0 Å². The van der Waals surface area contributed by atoms with Crippen molar-refractivity contribution < 1.29 is 4.39 Å². The Balaban J connectivity index is 2.78. The van der Waals surface area contributed by atoms with Gasteiger partial charge in [-0.2, -0.15) is 0 Å². The van der Waals surface area contributed by atoms with Crippen LogP contribution in [0, 0.1) is 5.82 Å². The van der Waals surface area contributed by atoms with Gasteiger partial charge in [0, 0.05) is 18.0 Å². The van der Waals surface area contributed by atoms with Crippen molar-refractivity contribution in [1.29, 1.82) is 0 Å². The Hall–Kier alpha value is -1.42. The minimum atomic E-state index is -0.235. The molecular weight excluding hydrogens is 229 g/mol. The first kappa shape index (κ1) is 13.0. The largest absolute Gasteiger partial charge is 0.329 e. The minimum absolute atomic E-state index is 0.220. The average Bonchev–Trinajstić information content (AvgIpc) is 2.68. The van der Waals surface area contributed by atoms with Crippen LogP contribution in [0.15, 0.2) is 18.2 Å². The highest BCUT2D eigenvalue weighted by Gasteiger charge is 2.27. The molecule has 0 aliphatic heterocycles. The molecule has 1 aromatic heterocycles. The van der Waals surface area contributed by atoms with Crippen LogP contribution in [0.1, 0.15) is 39.6 Å². The molecule has 0 radical (unpaired) electrons. The topological polar surface area (TPSA) is 43.8 Å². The third-order valence-corrected chi connectivity index (χ3v) is 3.28. The maximum absolute atomic E-state index is 13.4. The van der Waals surface area contributed by atoms with Crippen molar-refractivity contribution in [2.45, 2.75) is 39.2 Å². The van der Waals surface area contributed by atoms with Gasteiger partial charge in [-0.1, -0.05) is 13.8 Å². The van der Waals surface area contributed by atoms with E-state index in [0.29, 0.717) is 6.54 Å². The quantitative estimate of drug-likeness (QED) is 0.908. The number of imidazole rings is 1. The highest BCUT2D eigenvalue weighted by atomic mass is 19.1. The molecule has 1 aromatic carbocycles. The maximum atomic E-state index is 13.4. The van der Waals surface area contributed by atoms with Crippen LogP contribution in [0.25, 0.3) is 11.0 Å². The number of nitrogens with two attached hydrogens (primary N) is 1. The van der Waals surface area contributed by atoms with Crippen LogP contribution < -0.4 is 5.73 Å². The first-order chi connectivity index (χ1) is 8.36. The zero-order valence-corrected chi connectivity index (χ0v) is 11.4. The van der Waals surface area contributed by atoms with Gasteiger partial charge in [0.15, 0.2) is 0 Å². The van der Waals surface area contributed by atoms with Crippen LogP contribution >= 0.6 is 0 Å². The van der Waals surface area contributed by atoms with Gasteiger partial charge in [-0.25, -0.2) is 9.37 Å². The van der Waals surface area contributed by atoms with Gasteiger partial charge in [-0.05, 0) is 32.0 Å². The summed E-state index contributed by atoms with van der Waals surface area (Å²) >= 11 is 0. The summed E-state index contributed by atoms with van der Waals surface area (Å²) in [7, 11) is 0. The fourth-order valence-corrected chi connectivity index (χ4v) is 2.16. The van der Waals surface area contributed by atoms with Gasteiger partial charge in [-0.3, -0.25) is 0 Å². The van der Waals surface area contributed by atoms with Gasteiger partial charge in [0.05, 0.1) is 11.0 Å². The van der Waals surface area contributed by atoms with Crippen LogP contribution in [0.5, 0.6) is 0 Å². The molecule has 2 rings (SSSR count). The third kappa shape index (κ3) is 2.01. The van der Waals surface area contributed by atoms with Gasteiger partial charge in [0.25, 0.3) is 0 Å². The number of halogens is 1. The zero-order chi connectivity index (χ0) is 13.5. The Morgan fingerprint density at radius 3 is 2.61 bits per heavy atom. The van der Waals surface area contributed by atoms with Gasteiger partial charge in [-0.15, -0.1) is 0 Å². The lowest BCUT2D eigenvalue weighted by molar-refractivity contribution is 0.451. The van der Waals surface area contributed by atoms with Crippen LogP contribution in [-0.2, 0) is 5.41 Å². The molecule has 0 bridgehead atoms. The molecule has 0 atom stereocenters. The second-order valence-electron chi connectivity index (χ2n) is 5.62. The van der Waals surface area contributed by atoms with Crippen molar-refractivity contribution in [3.63, 3.8) is 0 Å². The van der Waals surface area contributed by atoms with E-state index in [4.69, 9.17) is 5.73 Å². The predicted molar refractivity (Wildman–Crippen MR) is 72.2 cm³/mol. The first-order valence-electron chi connectivity index (χ1n) is 6.25. The van der Waals surface area contributed by atoms with Crippen molar-refractivity contribution in [1.82, 2.24) is 9.55 Å². The minimum Gasteiger partial charge on any atom is -0.329 e. The van der Waals surface area contributed by atoms with E-state index in [2.05, 4.69) is 37.2 Å². The Morgan fingerprint density at radius 1 is 1.39 bits per heavy atom. The Bertz CT molecular complexity index is 570. The molecule has 0 aliphatic carbocycles. The molecule has 0 saturated carbocycles. The van der Waals surface area contributed by atoms with Crippen molar-refractivity contribution in [3.05, 3.63) is 29.8 Å².